The van der Waals surface area contributed by atoms with Crippen molar-refractivity contribution in [3.05, 3.63) is 54.2 Å². The van der Waals surface area contributed by atoms with Crippen LogP contribution in [0.1, 0.15) is 12.0 Å². The first-order chi connectivity index (χ1) is 16.1. The number of benzene rings is 2. The summed E-state index contributed by atoms with van der Waals surface area (Å²) >= 11 is 0. The number of pyridine rings is 1. The minimum Gasteiger partial charge on any atom is -0.493 e. The molecule has 2 aromatic carbocycles. The van der Waals surface area contributed by atoms with Crippen molar-refractivity contribution in [3.63, 3.8) is 0 Å². The lowest BCUT2D eigenvalue weighted by Gasteiger charge is -2.32. The van der Waals surface area contributed by atoms with Crippen molar-refractivity contribution in [2.45, 2.75) is 12.8 Å². The van der Waals surface area contributed by atoms with Crippen molar-refractivity contribution in [2.75, 3.05) is 54.0 Å². The van der Waals surface area contributed by atoms with Gasteiger partial charge in [-0.2, -0.15) is 0 Å². The third-order valence-corrected chi connectivity index (χ3v) is 6.06. The Balaban J connectivity index is 1.37. The molecule has 0 radical (unpaired) electrons. The summed E-state index contributed by atoms with van der Waals surface area (Å²) in [5, 5.41) is 0.832. The molecular formula is C26H31N3O4. The summed E-state index contributed by atoms with van der Waals surface area (Å²) in [6.45, 7) is 5.07. The third kappa shape index (κ3) is 5.80. The molecule has 33 heavy (non-hydrogen) atoms. The van der Waals surface area contributed by atoms with Gasteiger partial charge in [0.15, 0.2) is 11.5 Å². The second kappa shape index (κ2) is 10.6. The lowest BCUT2D eigenvalue weighted by Crippen LogP contribution is -2.45. The smallest absolute Gasteiger partial charge is 0.162 e. The molecule has 7 nitrogen and oxygen atoms in total. The number of nitrogens with zero attached hydrogens (tertiary/aromatic N) is 3. The van der Waals surface area contributed by atoms with E-state index in [1.807, 2.05) is 42.5 Å². The van der Waals surface area contributed by atoms with Crippen molar-refractivity contribution in [1.82, 2.24) is 14.8 Å². The Bertz CT molecular complexity index is 1090. The Morgan fingerprint density at radius 1 is 0.939 bits per heavy atom. The van der Waals surface area contributed by atoms with Crippen LogP contribution >= 0.6 is 0 Å². The molecule has 7 heteroatoms. The fraction of sp³-hybridized carbons (Fsp3) is 0.385. The lowest BCUT2D eigenvalue weighted by molar-refractivity contribution is -0.118. The zero-order valence-corrected chi connectivity index (χ0v) is 19.5. The van der Waals surface area contributed by atoms with Gasteiger partial charge in [-0.05, 0) is 36.9 Å². The molecule has 0 atom stereocenters. The summed E-state index contributed by atoms with van der Waals surface area (Å²) in [5.41, 5.74) is 1.75. The summed E-state index contributed by atoms with van der Waals surface area (Å²) < 4.78 is 16.9. The molecule has 1 aliphatic rings. The van der Waals surface area contributed by atoms with Crippen LogP contribution in [-0.4, -0.2) is 74.6 Å². The molecule has 2 heterocycles. The summed E-state index contributed by atoms with van der Waals surface area (Å²) in [7, 11) is 5.34. The van der Waals surface area contributed by atoms with Crippen molar-refractivity contribution in [2.24, 2.45) is 0 Å². The van der Waals surface area contributed by atoms with Crippen LogP contribution in [0.2, 0.25) is 0 Å². The van der Waals surface area contributed by atoms with Gasteiger partial charge in [0, 0.05) is 63.2 Å². The van der Waals surface area contributed by atoms with Gasteiger partial charge in [-0.15, -0.1) is 0 Å². The predicted octanol–water partition coefficient (Wildman–Crippen LogP) is 3.79. The van der Waals surface area contributed by atoms with Gasteiger partial charge in [-0.3, -0.25) is 9.78 Å². The zero-order valence-electron chi connectivity index (χ0n) is 19.5. The first-order valence-corrected chi connectivity index (χ1v) is 11.3. The molecule has 0 N–H and O–H groups in total. The number of ether oxygens (including phenoxy) is 3. The highest BCUT2D eigenvalue weighted by atomic mass is 16.5. The summed E-state index contributed by atoms with van der Waals surface area (Å²) in [4.78, 5) is 21.6. The molecule has 0 amide bonds. The van der Waals surface area contributed by atoms with E-state index in [-0.39, 0.29) is 5.78 Å². The molecule has 1 aliphatic heterocycles. The average Bonchev–Trinajstić information content (AvgIpc) is 2.84. The van der Waals surface area contributed by atoms with E-state index in [9.17, 15) is 4.79 Å². The molecular weight excluding hydrogens is 418 g/mol. The zero-order chi connectivity index (χ0) is 23.2. The monoisotopic (exact) mass is 449 g/mol. The van der Waals surface area contributed by atoms with Gasteiger partial charge in [0.25, 0.3) is 0 Å². The maximum atomic E-state index is 12.5. The number of carbonyl (C=O) groups is 1. The van der Waals surface area contributed by atoms with Crippen LogP contribution in [-0.2, 0) is 11.2 Å². The van der Waals surface area contributed by atoms with E-state index in [0.29, 0.717) is 35.8 Å². The van der Waals surface area contributed by atoms with Crippen molar-refractivity contribution < 1.29 is 19.0 Å². The number of piperazine rings is 1. The SMILES string of the molecule is COc1cc2nccc(Oc3ccc(CC(=O)CCN4CCN(C)CC4)cc3)c2cc1OC. The molecule has 0 saturated carbocycles. The first-order valence-electron chi connectivity index (χ1n) is 11.3. The van der Waals surface area contributed by atoms with Gasteiger partial charge in [-0.25, -0.2) is 0 Å². The molecule has 3 aromatic rings. The highest BCUT2D eigenvalue weighted by Gasteiger charge is 2.15. The van der Waals surface area contributed by atoms with Crippen molar-refractivity contribution in [3.8, 4) is 23.0 Å². The summed E-state index contributed by atoms with van der Waals surface area (Å²) in [5.74, 6) is 2.89. The topological polar surface area (TPSA) is 64.1 Å². The van der Waals surface area contributed by atoms with Gasteiger partial charge in [0.05, 0.1) is 19.7 Å². The second-order valence-corrected chi connectivity index (χ2v) is 8.39. The van der Waals surface area contributed by atoms with E-state index in [0.717, 1.165) is 49.2 Å². The maximum absolute atomic E-state index is 12.5. The largest absolute Gasteiger partial charge is 0.493 e. The third-order valence-electron chi connectivity index (χ3n) is 6.06. The number of hydrogen-bond acceptors (Lipinski definition) is 7. The van der Waals surface area contributed by atoms with E-state index in [4.69, 9.17) is 14.2 Å². The van der Waals surface area contributed by atoms with Crippen molar-refractivity contribution >= 4 is 16.7 Å². The van der Waals surface area contributed by atoms with Gasteiger partial charge < -0.3 is 24.0 Å². The fourth-order valence-electron chi connectivity index (χ4n) is 4.01. The van der Waals surface area contributed by atoms with Crippen LogP contribution in [0.3, 0.4) is 0 Å². The normalized spacial score (nSPS) is 14.9. The number of Topliss-reactive ketones (excluding diaryl/α,β-unsaturated/α-hetero) is 1. The minimum atomic E-state index is 0.267. The van der Waals surface area contributed by atoms with E-state index < -0.39 is 0 Å². The van der Waals surface area contributed by atoms with Gasteiger partial charge in [-0.1, -0.05) is 12.1 Å². The number of rotatable bonds is 9. The number of carbonyl (C=O) groups excluding carboxylic acids is 1. The number of aromatic nitrogens is 1. The minimum absolute atomic E-state index is 0.267. The molecule has 4 rings (SSSR count). The molecule has 1 fully saturated rings. The predicted molar refractivity (Wildman–Crippen MR) is 129 cm³/mol. The summed E-state index contributed by atoms with van der Waals surface area (Å²) in [6, 6.07) is 13.2. The van der Waals surface area contributed by atoms with Crippen LogP contribution in [0.25, 0.3) is 10.9 Å². The van der Waals surface area contributed by atoms with E-state index >= 15 is 0 Å². The molecule has 0 unspecified atom stereocenters. The van der Waals surface area contributed by atoms with E-state index in [1.165, 1.54) is 0 Å². The Hall–Kier alpha value is -3.16. The Morgan fingerprint density at radius 2 is 1.64 bits per heavy atom. The number of methoxy groups -OCH3 is 2. The molecule has 0 bridgehead atoms. The number of likely N-dealkylation sites (N-methyl/N-ethyl adjacent to an activating group) is 1. The van der Waals surface area contributed by atoms with Gasteiger partial charge >= 0.3 is 0 Å². The number of ketones is 1. The van der Waals surface area contributed by atoms with Crippen LogP contribution in [0.5, 0.6) is 23.0 Å². The van der Waals surface area contributed by atoms with E-state index in [2.05, 4.69) is 21.8 Å². The van der Waals surface area contributed by atoms with E-state index in [1.54, 1.807) is 20.4 Å². The molecule has 1 saturated heterocycles. The van der Waals surface area contributed by atoms with Gasteiger partial charge in [0.1, 0.15) is 17.3 Å². The molecule has 174 valence electrons. The lowest BCUT2D eigenvalue weighted by atomic mass is 10.1. The number of hydrogen-bond donors (Lipinski definition) is 0. The molecule has 1 aromatic heterocycles. The highest BCUT2D eigenvalue weighted by Crippen LogP contribution is 2.36. The summed E-state index contributed by atoms with van der Waals surface area (Å²) in [6.07, 6.45) is 2.75. The van der Waals surface area contributed by atoms with Crippen LogP contribution in [0.15, 0.2) is 48.7 Å². The number of fused-ring (bicyclic) bond motifs is 1. The maximum Gasteiger partial charge on any atom is 0.162 e. The first kappa shape index (κ1) is 23.0. The van der Waals surface area contributed by atoms with Crippen LogP contribution < -0.4 is 14.2 Å². The Labute approximate surface area is 194 Å². The standard InChI is InChI=1S/C26H31N3O4/c1-28-12-14-29(15-13-28)11-9-20(30)16-19-4-6-21(7-5-19)33-24-8-10-27-23-18-26(32-3)25(31-2)17-22(23)24/h4-8,10,17-18H,9,11-16H2,1-3H3. The molecule has 0 aliphatic carbocycles. The second-order valence-electron chi connectivity index (χ2n) is 8.39. The molecule has 0 spiro atoms. The Morgan fingerprint density at radius 3 is 2.33 bits per heavy atom. The quantitative estimate of drug-likeness (QED) is 0.492. The highest BCUT2D eigenvalue weighted by molar-refractivity contribution is 5.88. The van der Waals surface area contributed by atoms with Crippen LogP contribution in [0, 0.1) is 0 Å². The van der Waals surface area contributed by atoms with Gasteiger partial charge in [0.2, 0.25) is 0 Å². The fourth-order valence-corrected chi connectivity index (χ4v) is 4.01. The van der Waals surface area contributed by atoms with Crippen molar-refractivity contribution in [1.29, 1.82) is 0 Å². The van der Waals surface area contributed by atoms with Crippen LogP contribution in [0.4, 0.5) is 0 Å². The Kier molecular flexibility index (Phi) is 7.42. The average molecular weight is 450 g/mol.